The molecule has 2 aromatic rings. The summed E-state index contributed by atoms with van der Waals surface area (Å²) in [5.74, 6) is -0.292. The van der Waals surface area contributed by atoms with Crippen LogP contribution in [0, 0.1) is 11.3 Å². The summed E-state index contributed by atoms with van der Waals surface area (Å²) in [4.78, 5) is 40.7. The fraction of sp³-hybridized carbons (Fsp3) is 0.467. The van der Waals surface area contributed by atoms with Gasteiger partial charge in [-0.15, -0.1) is 0 Å². The summed E-state index contributed by atoms with van der Waals surface area (Å²) < 4.78 is 16.6. The van der Waals surface area contributed by atoms with Crippen molar-refractivity contribution < 1.29 is 28.6 Å². The molecule has 0 bridgehead atoms. The van der Waals surface area contributed by atoms with Crippen molar-refractivity contribution in [3.8, 4) is 11.8 Å². The molecule has 1 heterocycles. The zero-order valence-corrected chi connectivity index (χ0v) is 22.9. The molecule has 0 radical (unpaired) electrons. The lowest BCUT2D eigenvalue weighted by Crippen LogP contribution is -2.54. The van der Waals surface area contributed by atoms with Crippen LogP contribution in [-0.4, -0.2) is 53.7 Å². The first kappa shape index (κ1) is 29.5. The molecule has 1 aliphatic rings. The molecular weight excluding hydrogens is 498 g/mol. The normalized spacial score (nSPS) is 15.9. The number of nitrogens with zero attached hydrogens (tertiary/aromatic N) is 2. The number of amides is 2. The lowest BCUT2D eigenvalue weighted by molar-refractivity contribution is -0.149. The second kappa shape index (κ2) is 14.2. The molecule has 1 saturated heterocycles. The van der Waals surface area contributed by atoms with E-state index in [-0.39, 0.29) is 25.0 Å². The van der Waals surface area contributed by atoms with Crippen molar-refractivity contribution >= 4 is 18.0 Å². The maximum Gasteiger partial charge on any atom is 0.408 e. The van der Waals surface area contributed by atoms with Crippen molar-refractivity contribution in [2.45, 2.75) is 77.2 Å². The molecule has 2 amide bonds. The van der Waals surface area contributed by atoms with Crippen LogP contribution < -0.4 is 10.1 Å². The Morgan fingerprint density at radius 3 is 2.46 bits per heavy atom. The summed E-state index contributed by atoms with van der Waals surface area (Å²) in [5.41, 5.74) is 0.617. The summed E-state index contributed by atoms with van der Waals surface area (Å²) in [6.07, 6.45) is 2.10. The Morgan fingerprint density at radius 1 is 1.08 bits per heavy atom. The van der Waals surface area contributed by atoms with Gasteiger partial charge in [-0.1, -0.05) is 30.3 Å². The van der Waals surface area contributed by atoms with Gasteiger partial charge in [0, 0.05) is 19.0 Å². The fourth-order valence-electron chi connectivity index (χ4n) is 4.34. The lowest BCUT2D eigenvalue weighted by atomic mass is 9.98. The third-order valence-electron chi connectivity index (χ3n) is 6.22. The van der Waals surface area contributed by atoms with Gasteiger partial charge in [0.2, 0.25) is 5.91 Å². The number of likely N-dealkylation sites (tertiary alicyclic amines) is 1. The van der Waals surface area contributed by atoms with Crippen LogP contribution in [0.2, 0.25) is 0 Å². The molecule has 1 N–H and O–H groups in total. The van der Waals surface area contributed by atoms with Gasteiger partial charge in [-0.2, -0.15) is 5.26 Å². The zero-order chi connectivity index (χ0) is 28.3. The molecule has 9 heteroatoms. The average molecular weight is 536 g/mol. The van der Waals surface area contributed by atoms with Crippen molar-refractivity contribution in [3.63, 3.8) is 0 Å². The number of alkyl carbamates (subject to hydrolysis) is 1. The summed E-state index contributed by atoms with van der Waals surface area (Å²) in [6.45, 7) is 6.16. The second-order valence-electron chi connectivity index (χ2n) is 10.5. The average Bonchev–Trinajstić information content (AvgIpc) is 2.91. The van der Waals surface area contributed by atoms with Crippen LogP contribution in [-0.2, 0) is 25.7 Å². The molecule has 2 aromatic carbocycles. The van der Waals surface area contributed by atoms with E-state index in [1.165, 1.54) is 0 Å². The van der Waals surface area contributed by atoms with E-state index < -0.39 is 23.7 Å². The van der Waals surface area contributed by atoms with Gasteiger partial charge in [-0.25, -0.2) is 4.79 Å². The molecule has 0 saturated carbocycles. The fourth-order valence-corrected chi connectivity index (χ4v) is 4.34. The molecule has 1 aliphatic heterocycles. The third kappa shape index (κ3) is 9.97. The van der Waals surface area contributed by atoms with Gasteiger partial charge in [-0.3, -0.25) is 9.59 Å². The van der Waals surface area contributed by atoms with Crippen molar-refractivity contribution in [1.29, 1.82) is 5.26 Å². The van der Waals surface area contributed by atoms with E-state index in [1.54, 1.807) is 49.9 Å². The number of carbonyl (C=O) groups excluding carboxylic acids is 3. The number of piperidine rings is 1. The Morgan fingerprint density at radius 2 is 1.79 bits per heavy atom. The predicted molar refractivity (Wildman–Crippen MR) is 145 cm³/mol. The molecule has 0 aromatic heterocycles. The quantitative estimate of drug-likeness (QED) is 0.437. The van der Waals surface area contributed by atoms with E-state index in [0.29, 0.717) is 30.9 Å². The highest BCUT2D eigenvalue weighted by Gasteiger charge is 2.35. The predicted octanol–water partition coefficient (Wildman–Crippen LogP) is 4.74. The minimum atomic E-state index is -1.12. The van der Waals surface area contributed by atoms with Gasteiger partial charge in [0.05, 0.1) is 24.7 Å². The van der Waals surface area contributed by atoms with Crippen LogP contribution >= 0.6 is 0 Å². The minimum Gasteiger partial charge on any atom is -0.494 e. The van der Waals surface area contributed by atoms with E-state index in [4.69, 9.17) is 19.5 Å². The molecule has 0 aliphatic carbocycles. The largest absolute Gasteiger partial charge is 0.494 e. The first-order valence-corrected chi connectivity index (χ1v) is 13.3. The lowest BCUT2D eigenvalue weighted by Gasteiger charge is -2.38. The molecule has 1 unspecified atom stereocenters. The Hall–Kier alpha value is -4.06. The number of esters is 1. The van der Waals surface area contributed by atoms with E-state index in [0.717, 1.165) is 24.8 Å². The molecule has 208 valence electrons. The van der Waals surface area contributed by atoms with Crippen molar-refractivity contribution in [3.05, 3.63) is 65.7 Å². The van der Waals surface area contributed by atoms with Crippen LogP contribution in [0.25, 0.3) is 0 Å². The third-order valence-corrected chi connectivity index (χ3v) is 6.22. The summed E-state index contributed by atoms with van der Waals surface area (Å²) >= 11 is 0. The van der Waals surface area contributed by atoms with Crippen LogP contribution in [0.5, 0.6) is 5.75 Å². The van der Waals surface area contributed by atoms with Crippen molar-refractivity contribution in [2.24, 2.45) is 0 Å². The first-order chi connectivity index (χ1) is 18.6. The molecule has 1 fully saturated rings. The van der Waals surface area contributed by atoms with Gasteiger partial charge >= 0.3 is 12.1 Å². The number of benzene rings is 2. The summed E-state index contributed by atoms with van der Waals surface area (Å²) in [7, 11) is 0. The summed E-state index contributed by atoms with van der Waals surface area (Å²) in [5, 5.41) is 11.6. The van der Waals surface area contributed by atoms with Crippen LogP contribution in [0.4, 0.5) is 4.79 Å². The van der Waals surface area contributed by atoms with Crippen LogP contribution in [0.1, 0.15) is 64.0 Å². The number of ether oxygens (including phenoxy) is 3. The van der Waals surface area contributed by atoms with Gasteiger partial charge in [-0.05, 0) is 69.9 Å². The Kier molecular flexibility index (Phi) is 10.7. The maximum atomic E-state index is 13.7. The second-order valence-corrected chi connectivity index (χ2v) is 10.5. The monoisotopic (exact) mass is 535 g/mol. The van der Waals surface area contributed by atoms with Gasteiger partial charge in [0.15, 0.2) is 0 Å². The number of carbonyl (C=O) groups is 3. The number of nitriles is 1. The smallest absolute Gasteiger partial charge is 0.408 e. The topological polar surface area (TPSA) is 118 Å². The Balaban J connectivity index is 1.65. The molecule has 39 heavy (non-hydrogen) atoms. The Bertz CT molecular complexity index is 1140. The highest BCUT2D eigenvalue weighted by Crippen LogP contribution is 2.22. The highest BCUT2D eigenvalue weighted by atomic mass is 16.6. The van der Waals surface area contributed by atoms with Crippen LogP contribution in [0.3, 0.4) is 0 Å². The van der Waals surface area contributed by atoms with Crippen molar-refractivity contribution in [2.75, 3.05) is 13.2 Å². The zero-order valence-electron chi connectivity index (χ0n) is 22.9. The Labute approximate surface area is 230 Å². The molecule has 3 rings (SSSR count). The minimum absolute atomic E-state index is 0.0754. The first-order valence-electron chi connectivity index (χ1n) is 13.3. The van der Waals surface area contributed by atoms with E-state index in [1.807, 2.05) is 30.3 Å². The number of rotatable bonds is 10. The van der Waals surface area contributed by atoms with E-state index in [9.17, 15) is 14.4 Å². The number of nitrogens with one attached hydrogen (secondary N) is 1. The van der Waals surface area contributed by atoms with Gasteiger partial charge in [0.1, 0.15) is 24.0 Å². The maximum absolute atomic E-state index is 13.7. The molecular formula is C30H37N3O6. The van der Waals surface area contributed by atoms with E-state index in [2.05, 4.69) is 11.4 Å². The van der Waals surface area contributed by atoms with Crippen LogP contribution in [0.15, 0.2) is 54.6 Å². The summed E-state index contributed by atoms with van der Waals surface area (Å²) in [6, 6.07) is 17.0. The van der Waals surface area contributed by atoms with Crippen molar-refractivity contribution in [1.82, 2.24) is 10.2 Å². The molecule has 9 nitrogen and oxygen atoms in total. The van der Waals surface area contributed by atoms with Gasteiger partial charge in [0.25, 0.3) is 0 Å². The molecule has 2 atom stereocenters. The highest BCUT2D eigenvalue weighted by molar-refractivity contribution is 5.90. The van der Waals surface area contributed by atoms with E-state index >= 15 is 0 Å². The molecule has 0 spiro atoms. The number of hydrogen-bond acceptors (Lipinski definition) is 7. The van der Waals surface area contributed by atoms with Gasteiger partial charge < -0.3 is 24.4 Å². The standard InChI is InChI=1S/C30H37N3O6/c1-30(2,3)39-29(36)32-26(19-27(34)38-21-23-9-5-4-6-10-23)28(35)33-17-8-7-11-24(33)16-18-37-25-14-12-22(20-31)13-15-25/h4-6,9-10,12-15,24,26H,7-8,11,16-19,21H2,1-3H3,(H,32,36)/t24?,26-/m0/s1. The number of hydrogen-bond donors (Lipinski definition) is 1. The SMILES string of the molecule is CC(C)(C)OC(=O)N[C@@H](CC(=O)OCc1ccccc1)C(=O)N1CCCCC1CCOc1ccc(C#N)cc1.